The first-order chi connectivity index (χ1) is 8.69. The summed E-state index contributed by atoms with van der Waals surface area (Å²) in [5.74, 6) is 1.26. The molecule has 1 aliphatic rings. The van der Waals surface area contributed by atoms with Crippen molar-refractivity contribution < 1.29 is 4.21 Å². The minimum atomic E-state index is -0.735. The summed E-state index contributed by atoms with van der Waals surface area (Å²) in [7, 11) is -0.735. The van der Waals surface area contributed by atoms with Crippen LogP contribution in [-0.4, -0.2) is 21.8 Å². The molecule has 1 N–H and O–H groups in total. The van der Waals surface area contributed by atoms with Crippen molar-refractivity contribution in [3.63, 3.8) is 0 Å². The van der Waals surface area contributed by atoms with Gasteiger partial charge in [0.05, 0.1) is 5.25 Å². The van der Waals surface area contributed by atoms with E-state index in [-0.39, 0.29) is 11.3 Å². The van der Waals surface area contributed by atoms with Crippen molar-refractivity contribution in [1.82, 2.24) is 5.32 Å². The van der Waals surface area contributed by atoms with Crippen LogP contribution >= 0.6 is 0 Å². The zero-order valence-corrected chi connectivity index (χ0v) is 12.3. The zero-order chi connectivity index (χ0) is 13.1. The fourth-order valence-electron chi connectivity index (χ4n) is 2.99. The molecule has 1 aliphatic carbocycles. The number of fused-ring (bicyclic) bond motifs is 1. The topological polar surface area (TPSA) is 29.1 Å². The third-order valence-corrected chi connectivity index (χ3v) is 5.57. The minimum Gasteiger partial charge on any atom is -0.309 e. The van der Waals surface area contributed by atoms with Gasteiger partial charge in [0.2, 0.25) is 0 Å². The standard InChI is InChI=1S/C15H23NOS/c1-4-16-15-13-9-7-6-8-12(13)11(3)10-14(15)18(17)5-2/h6-9,11,14-16H,4-5,10H2,1-3H3. The maximum Gasteiger partial charge on any atom is 0.0548 e. The molecular weight excluding hydrogens is 242 g/mol. The normalized spacial score (nSPS) is 28.7. The molecule has 1 aromatic rings. The van der Waals surface area contributed by atoms with Crippen molar-refractivity contribution in [2.45, 2.75) is 44.4 Å². The first-order valence-corrected chi connectivity index (χ1v) is 8.26. The molecule has 18 heavy (non-hydrogen) atoms. The van der Waals surface area contributed by atoms with Gasteiger partial charge in [0.15, 0.2) is 0 Å². The summed E-state index contributed by atoms with van der Waals surface area (Å²) in [6.07, 6.45) is 1.02. The third kappa shape index (κ3) is 2.52. The van der Waals surface area contributed by atoms with Crippen LogP contribution in [0.25, 0.3) is 0 Å². The molecule has 1 aromatic carbocycles. The summed E-state index contributed by atoms with van der Waals surface area (Å²) < 4.78 is 12.3. The lowest BCUT2D eigenvalue weighted by Gasteiger charge is -2.36. The Labute approximate surface area is 113 Å². The van der Waals surface area contributed by atoms with E-state index in [4.69, 9.17) is 0 Å². The summed E-state index contributed by atoms with van der Waals surface area (Å²) in [4.78, 5) is 0. The van der Waals surface area contributed by atoms with E-state index in [1.54, 1.807) is 0 Å². The van der Waals surface area contributed by atoms with Crippen LogP contribution in [0, 0.1) is 0 Å². The van der Waals surface area contributed by atoms with Crippen LogP contribution in [0.1, 0.15) is 50.3 Å². The van der Waals surface area contributed by atoms with Gasteiger partial charge in [0, 0.05) is 22.6 Å². The Morgan fingerprint density at radius 1 is 1.28 bits per heavy atom. The highest BCUT2D eigenvalue weighted by molar-refractivity contribution is 7.85. The Balaban J connectivity index is 2.40. The van der Waals surface area contributed by atoms with E-state index in [0.717, 1.165) is 18.7 Å². The Bertz CT molecular complexity index is 432. The van der Waals surface area contributed by atoms with Crippen LogP contribution in [0.2, 0.25) is 0 Å². The van der Waals surface area contributed by atoms with Gasteiger partial charge in [-0.1, -0.05) is 45.0 Å². The number of hydrogen-bond acceptors (Lipinski definition) is 2. The molecule has 4 atom stereocenters. The van der Waals surface area contributed by atoms with Crippen molar-refractivity contribution >= 4 is 10.8 Å². The highest BCUT2D eigenvalue weighted by Gasteiger charge is 2.35. The second kappa shape index (κ2) is 5.98. The fourth-order valence-corrected chi connectivity index (χ4v) is 4.47. The van der Waals surface area contributed by atoms with E-state index in [9.17, 15) is 4.21 Å². The van der Waals surface area contributed by atoms with Crippen LogP contribution in [0.3, 0.4) is 0 Å². The Kier molecular flexibility index (Phi) is 4.57. The number of rotatable bonds is 4. The van der Waals surface area contributed by atoms with Gasteiger partial charge < -0.3 is 5.32 Å². The Morgan fingerprint density at radius 2 is 1.94 bits per heavy atom. The molecule has 0 heterocycles. The van der Waals surface area contributed by atoms with Crippen LogP contribution in [0.4, 0.5) is 0 Å². The van der Waals surface area contributed by atoms with Crippen LogP contribution < -0.4 is 5.32 Å². The monoisotopic (exact) mass is 265 g/mol. The molecule has 0 aliphatic heterocycles. The molecule has 2 rings (SSSR count). The predicted molar refractivity (Wildman–Crippen MR) is 78.4 cm³/mol. The van der Waals surface area contributed by atoms with E-state index in [1.807, 2.05) is 6.92 Å². The molecule has 0 bridgehead atoms. The first kappa shape index (κ1) is 13.8. The van der Waals surface area contributed by atoms with Crippen LogP contribution in [0.15, 0.2) is 24.3 Å². The quantitative estimate of drug-likeness (QED) is 0.907. The fraction of sp³-hybridized carbons (Fsp3) is 0.600. The lowest BCUT2D eigenvalue weighted by atomic mass is 9.80. The average molecular weight is 265 g/mol. The van der Waals surface area contributed by atoms with Gasteiger partial charge in [-0.05, 0) is 30.0 Å². The summed E-state index contributed by atoms with van der Waals surface area (Å²) in [5.41, 5.74) is 2.78. The summed E-state index contributed by atoms with van der Waals surface area (Å²) in [6.45, 7) is 7.31. The molecule has 0 aromatic heterocycles. The lowest BCUT2D eigenvalue weighted by molar-refractivity contribution is 0.445. The highest BCUT2D eigenvalue weighted by atomic mass is 32.2. The molecule has 0 saturated heterocycles. The van der Waals surface area contributed by atoms with E-state index in [1.165, 1.54) is 11.1 Å². The highest BCUT2D eigenvalue weighted by Crippen LogP contribution is 2.39. The molecule has 3 heteroatoms. The molecule has 2 nitrogen and oxygen atoms in total. The maximum atomic E-state index is 12.3. The SMILES string of the molecule is CCNC1c2ccccc2C(C)CC1S(=O)CC. The smallest absolute Gasteiger partial charge is 0.0548 e. The lowest BCUT2D eigenvalue weighted by Crippen LogP contribution is -2.39. The van der Waals surface area contributed by atoms with Gasteiger partial charge in [-0.3, -0.25) is 4.21 Å². The molecule has 0 saturated carbocycles. The molecule has 100 valence electrons. The van der Waals surface area contributed by atoms with Gasteiger partial charge in [-0.2, -0.15) is 0 Å². The molecule has 0 spiro atoms. The van der Waals surface area contributed by atoms with Crippen molar-refractivity contribution in [1.29, 1.82) is 0 Å². The van der Waals surface area contributed by atoms with E-state index < -0.39 is 10.8 Å². The largest absolute Gasteiger partial charge is 0.309 e. The summed E-state index contributed by atoms with van der Waals surface area (Å²) in [6, 6.07) is 8.86. The van der Waals surface area contributed by atoms with E-state index in [2.05, 4.69) is 43.4 Å². The number of hydrogen-bond donors (Lipinski definition) is 1. The van der Waals surface area contributed by atoms with Crippen LogP contribution in [-0.2, 0) is 10.8 Å². The number of benzene rings is 1. The first-order valence-electron chi connectivity index (χ1n) is 6.88. The van der Waals surface area contributed by atoms with Crippen molar-refractivity contribution in [2.75, 3.05) is 12.3 Å². The van der Waals surface area contributed by atoms with Crippen molar-refractivity contribution in [2.24, 2.45) is 0 Å². The minimum absolute atomic E-state index is 0.250. The second-order valence-electron chi connectivity index (χ2n) is 5.01. The Morgan fingerprint density at radius 3 is 2.56 bits per heavy atom. The van der Waals surface area contributed by atoms with Gasteiger partial charge in [0.1, 0.15) is 0 Å². The van der Waals surface area contributed by atoms with Crippen molar-refractivity contribution in [3.05, 3.63) is 35.4 Å². The molecular formula is C15H23NOS. The van der Waals surface area contributed by atoms with Gasteiger partial charge >= 0.3 is 0 Å². The summed E-state index contributed by atoms with van der Waals surface area (Å²) in [5, 5.41) is 3.78. The molecule has 0 amide bonds. The zero-order valence-electron chi connectivity index (χ0n) is 11.5. The second-order valence-corrected chi connectivity index (χ2v) is 6.95. The van der Waals surface area contributed by atoms with Gasteiger partial charge in [-0.15, -0.1) is 0 Å². The predicted octanol–water partition coefficient (Wildman–Crippen LogP) is 2.98. The average Bonchev–Trinajstić information content (AvgIpc) is 2.41. The molecule has 4 unspecified atom stereocenters. The van der Waals surface area contributed by atoms with E-state index in [0.29, 0.717) is 5.92 Å². The summed E-state index contributed by atoms with van der Waals surface area (Å²) >= 11 is 0. The molecule has 0 radical (unpaired) electrons. The number of nitrogens with one attached hydrogen (secondary N) is 1. The van der Waals surface area contributed by atoms with Crippen LogP contribution in [0.5, 0.6) is 0 Å². The maximum absolute atomic E-state index is 12.3. The van der Waals surface area contributed by atoms with E-state index >= 15 is 0 Å². The van der Waals surface area contributed by atoms with Gasteiger partial charge in [-0.25, -0.2) is 0 Å². The Hall–Kier alpha value is -0.670. The van der Waals surface area contributed by atoms with Crippen molar-refractivity contribution in [3.8, 4) is 0 Å². The molecule has 0 fully saturated rings. The third-order valence-electron chi connectivity index (χ3n) is 3.87. The van der Waals surface area contributed by atoms with Gasteiger partial charge in [0.25, 0.3) is 0 Å².